The molecule has 2 unspecified atom stereocenters. The highest BCUT2D eigenvalue weighted by Crippen LogP contribution is 2.22. The van der Waals surface area contributed by atoms with Crippen LogP contribution in [-0.2, 0) is 0 Å². The fourth-order valence-electron chi connectivity index (χ4n) is 1.73. The van der Waals surface area contributed by atoms with Gasteiger partial charge in [-0.2, -0.15) is 10.5 Å². The summed E-state index contributed by atoms with van der Waals surface area (Å²) in [5.41, 5.74) is -1.48. The van der Waals surface area contributed by atoms with E-state index in [4.69, 9.17) is 17.4 Å². The van der Waals surface area contributed by atoms with Crippen LogP contribution in [0.25, 0.3) is 6.08 Å². The number of carbonyl (C=O) groups is 1. The summed E-state index contributed by atoms with van der Waals surface area (Å²) in [5, 5.41) is 52.5. The van der Waals surface area contributed by atoms with E-state index in [-0.39, 0.29) is 10.7 Å². The molecule has 0 amide bonds. The lowest BCUT2D eigenvalue weighted by atomic mass is 10.0. The number of aromatic carboxylic acids is 1. The number of quaternary nitrogens is 2. The van der Waals surface area contributed by atoms with Gasteiger partial charge in [0.25, 0.3) is 0 Å². The Hall–Kier alpha value is -2.38. The molecule has 0 saturated carbocycles. The lowest BCUT2D eigenvalue weighted by Gasteiger charge is -2.19. The standard InChI is InChI=1S/C13H16N4O6S/c1-2-4-14-13(24)15-5-3-9-10(12(18)19)6-8(16(20)21)7-11(9)17(22)23/h2-3,5-7,16-17,20,22H,1,4H2,(H,18,19)(H2,14,15,24)/b5-3+. The molecule has 1 aromatic rings. The molecule has 0 heterocycles. The number of nitrogens with one attached hydrogen (secondary N) is 4. The summed E-state index contributed by atoms with van der Waals surface area (Å²) in [7, 11) is 0. The molecule has 2 atom stereocenters. The minimum Gasteiger partial charge on any atom is -0.595 e. The zero-order valence-corrected chi connectivity index (χ0v) is 13.1. The molecule has 0 saturated heterocycles. The molecule has 0 radical (unpaired) electrons. The van der Waals surface area contributed by atoms with Crippen molar-refractivity contribution in [3.8, 4) is 0 Å². The van der Waals surface area contributed by atoms with Gasteiger partial charge in [0.2, 0.25) is 0 Å². The molecule has 0 aliphatic carbocycles. The molecule has 0 aliphatic rings. The van der Waals surface area contributed by atoms with Crippen LogP contribution in [0.1, 0.15) is 15.9 Å². The topological polar surface area (TPSA) is 157 Å². The first-order valence-corrected chi connectivity index (χ1v) is 6.88. The highest BCUT2D eigenvalue weighted by molar-refractivity contribution is 7.80. The molecule has 0 aliphatic heterocycles. The second kappa shape index (κ2) is 9.05. The first kappa shape index (κ1) is 19.7. The molecule has 24 heavy (non-hydrogen) atoms. The van der Waals surface area contributed by atoms with Gasteiger partial charge >= 0.3 is 5.97 Å². The van der Waals surface area contributed by atoms with Gasteiger partial charge in [0.15, 0.2) is 16.5 Å². The van der Waals surface area contributed by atoms with E-state index in [1.807, 2.05) is 0 Å². The summed E-state index contributed by atoms with van der Waals surface area (Å²) in [6, 6.07) is 1.79. The summed E-state index contributed by atoms with van der Waals surface area (Å²) in [5.74, 6) is -1.45. The summed E-state index contributed by atoms with van der Waals surface area (Å²) in [6.07, 6.45) is 4.03. The van der Waals surface area contributed by atoms with Gasteiger partial charge in [-0.3, -0.25) is 0 Å². The van der Waals surface area contributed by atoms with Crippen LogP contribution in [-0.4, -0.2) is 33.1 Å². The second-order valence-electron chi connectivity index (χ2n) is 4.38. The number of rotatable bonds is 7. The van der Waals surface area contributed by atoms with Crippen LogP contribution in [0.5, 0.6) is 0 Å². The maximum absolute atomic E-state index is 11.3. The van der Waals surface area contributed by atoms with Crippen molar-refractivity contribution < 1.29 is 30.8 Å². The van der Waals surface area contributed by atoms with Crippen LogP contribution in [0.15, 0.2) is 31.0 Å². The predicted molar refractivity (Wildman–Crippen MR) is 87.9 cm³/mol. The van der Waals surface area contributed by atoms with Crippen molar-refractivity contribution in [1.29, 1.82) is 0 Å². The first-order valence-electron chi connectivity index (χ1n) is 6.47. The predicted octanol–water partition coefficient (Wildman–Crippen LogP) is -1.19. The van der Waals surface area contributed by atoms with E-state index < -0.39 is 33.4 Å². The van der Waals surface area contributed by atoms with E-state index >= 15 is 0 Å². The number of hydrogen-bond acceptors (Lipinski definition) is 6. The maximum atomic E-state index is 11.3. The third-order valence-electron chi connectivity index (χ3n) is 2.76. The van der Waals surface area contributed by atoms with Gasteiger partial charge in [-0.15, -0.1) is 6.58 Å². The SMILES string of the molecule is C=CCNC(=S)N/C=C/c1c(C(=O)O)cc([NH+]([O-])O)cc1[NH+]([O-])O. The highest BCUT2D eigenvalue weighted by Gasteiger charge is 2.21. The average molecular weight is 356 g/mol. The second-order valence-corrected chi connectivity index (χ2v) is 4.79. The van der Waals surface area contributed by atoms with Crippen molar-refractivity contribution in [2.24, 2.45) is 0 Å². The smallest absolute Gasteiger partial charge is 0.336 e. The summed E-state index contributed by atoms with van der Waals surface area (Å²) < 4.78 is 0. The van der Waals surface area contributed by atoms with Crippen molar-refractivity contribution in [1.82, 2.24) is 10.6 Å². The van der Waals surface area contributed by atoms with Crippen LogP contribution in [0.2, 0.25) is 0 Å². The molecule has 7 N–H and O–H groups in total. The summed E-state index contributed by atoms with van der Waals surface area (Å²) in [6.45, 7) is 3.91. The molecular formula is C13H16N4O6S. The van der Waals surface area contributed by atoms with Gasteiger partial charge in [0.1, 0.15) is 0 Å². The first-order chi connectivity index (χ1) is 11.3. The minimum absolute atomic E-state index is 0.154. The summed E-state index contributed by atoms with van der Waals surface area (Å²) in [4.78, 5) is 11.3. The van der Waals surface area contributed by atoms with E-state index in [0.29, 0.717) is 6.54 Å². The zero-order chi connectivity index (χ0) is 18.3. The van der Waals surface area contributed by atoms with Crippen molar-refractivity contribution in [3.63, 3.8) is 0 Å². The zero-order valence-electron chi connectivity index (χ0n) is 12.3. The van der Waals surface area contributed by atoms with Crippen molar-refractivity contribution in [3.05, 3.63) is 52.5 Å². The van der Waals surface area contributed by atoms with E-state index in [2.05, 4.69) is 17.2 Å². The van der Waals surface area contributed by atoms with Gasteiger partial charge in [-0.25, -0.2) is 15.2 Å². The molecule has 1 aromatic carbocycles. The minimum atomic E-state index is -1.45. The van der Waals surface area contributed by atoms with Crippen LogP contribution >= 0.6 is 12.2 Å². The summed E-state index contributed by atoms with van der Waals surface area (Å²) >= 11 is 4.93. The number of thiocarbonyl (C=S) groups is 1. The molecule has 0 bridgehead atoms. The molecule has 11 heteroatoms. The Morgan fingerprint density at radius 2 is 2.00 bits per heavy atom. The van der Waals surface area contributed by atoms with Gasteiger partial charge in [-0.05, 0) is 18.3 Å². The van der Waals surface area contributed by atoms with Crippen LogP contribution in [0, 0.1) is 10.4 Å². The van der Waals surface area contributed by atoms with Gasteiger partial charge < -0.3 is 26.2 Å². The van der Waals surface area contributed by atoms with Gasteiger partial charge in [-0.1, -0.05) is 6.08 Å². The molecule has 0 aromatic heterocycles. The molecule has 0 fully saturated rings. The van der Waals surface area contributed by atoms with Crippen molar-refractivity contribution in [2.75, 3.05) is 6.54 Å². The Labute approximate surface area is 142 Å². The third-order valence-corrected chi connectivity index (χ3v) is 3.02. The monoisotopic (exact) mass is 356 g/mol. The molecule has 1 rings (SSSR count). The van der Waals surface area contributed by atoms with E-state index in [0.717, 1.165) is 12.1 Å². The fraction of sp³-hybridized carbons (Fsp3) is 0.0769. The lowest BCUT2D eigenvalue weighted by Crippen LogP contribution is -3.01. The Balaban J connectivity index is 3.21. The van der Waals surface area contributed by atoms with E-state index in [1.54, 1.807) is 6.08 Å². The molecular weight excluding hydrogens is 340 g/mol. The average Bonchev–Trinajstić information content (AvgIpc) is 2.51. The van der Waals surface area contributed by atoms with Crippen LogP contribution in [0.4, 0.5) is 11.4 Å². The molecule has 130 valence electrons. The van der Waals surface area contributed by atoms with E-state index in [9.17, 15) is 25.5 Å². The van der Waals surface area contributed by atoms with E-state index in [1.165, 1.54) is 12.3 Å². The quantitative estimate of drug-likeness (QED) is 0.181. The van der Waals surface area contributed by atoms with Crippen LogP contribution < -0.4 is 21.1 Å². The lowest BCUT2D eigenvalue weighted by molar-refractivity contribution is -0.996. The normalized spacial score (nSPS) is 13.3. The third kappa shape index (κ3) is 5.36. The van der Waals surface area contributed by atoms with Crippen molar-refractivity contribution in [2.45, 2.75) is 0 Å². The Morgan fingerprint density at radius 3 is 2.50 bits per heavy atom. The number of carboxylic acids is 1. The Bertz CT molecular complexity index is 662. The van der Waals surface area contributed by atoms with Gasteiger partial charge in [0.05, 0.1) is 17.2 Å². The van der Waals surface area contributed by atoms with Gasteiger partial charge in [0, 0.05) is 18.8 Å². The number of carboxylic acid groups (broad SMARTS) is 1. The van der Waals surface area contributed by atoms with Crippen LogP contribution in [0.3, 0.4) is 0 Å². The largest absolute Gasteiger partial charge is 0.595 e. The fourth-order valence-corrected chi connectivity index (χ4v) is 1.88. The Morgan fingerprint density at radius 1 is 1.33 bits per heavy atom. The maximum Gasteiger partial charge on any atom is 0.336 e. The number of benzene rings is 1. The molecule has 0 spiro atoms. The highest BCUT2D eigenvalue weighted by atomic mass is 32.1. The Kier molecular flexibility index (Phi) is 7.41. The number of hydrogen-bond donors (Lipinski definition) is 7. The molecule has 10 nitrogen and oxygen atoms in total. The van der Waals surface area contributed by atoms with Crippen molar-refractivity contribution >= 4 is 40.8 Å².